The van der Waals surface area contributed by atoms with Crippen molar-refractivity contribution >= 4 is 22.7 Å². The molecule has 170 valence electrons. The number of alkyl halides is 3. The van der Waals surface area contributed by atoms with Crippen LogP contribution in [0.1, 0.15) is 41.5 Å². The topological polar surface area (TPSA) is 62.7 Å². The molecule has 2 N–H and O–H groups in total. The van der Waals surface area contributed by atoms with Crippen molar-refractivity contribution in [3.63, 3.8) is 0 Å². The fourth-order valence-electron chi connectivity index (χ4n) is 3.19. The van der Waals surface area contributed by atoms with E-state index in [9.17, 15) is 13.2 Å². The van der Waals surface area contributed by atoms with Crippen molar-refractivity contribution in [3.05, 3.63) is 88.3 Å². The molecular weight excluding hydrogens is 447 g/mol. The summed E-state index contributed by atoms with van der Waals surface area (Å²) in [4.78, 5) is 13.1. The first-order valence-electron chi connectivity index (χ1n) is 10.3. The van der Waals surface area contributed by atoms with Gasteiger partial charge < -0.3 is 0 Å². The first-order valence-corrected chi connectivity index (χ1v) is 11.2. The van der Waals surface area contributed by atoms with Gasteiger partial charge in [-0.15, -0.1) is 11.3 Å². The minimum atomic E-state index is -4.36. The van der Waals surface area contributed by atoms with E-state index in [1.807, 2.05) is 23.7 Å². The summed E-state index contributed by atoms with van der Waals surface area (Å²) in [5, 5.41) is 2.62. The number of rotatable bonds is 7. The Balaban J connectivity index is 1.45. The molecule has 5 nitrogen and oxygen atoms in total. The Morgan fingerprint density at radius 3 is 2.39 bits per heavy atom. The third kappa shape index (κ3) is 5.87. The summed E-state index contributed by atoms with van der Waals surface area (Å²) in [6, 6.07) is 9.28. The summed E-state index contributed by atoms with van der Waals surface area (Å²) >= 11 is 1.41. The fourth-order valence-corrected chi connectivity index (χ4v) is 4.03. The number of hydrogen-bond acceptors (Lipinski definition) is 6. The van der Waals surface area contributed by atoms with Crippen molar-refractivity contribution in [2.45, 2.75) is 32.4 Å². The molecule has 3 aromatic heterocycles. The van der Waals surface area contributed by atoms with Gasteiger partial charge in [-0.1, -0.05) is 32.0 Å². The molecule has 0 bridgehead atoms. The van der Waals surface area contributed by atoms with Gasteiger partial charge in [-0.05, 0) is 35.2 Å². The minimum Gasteiger partial charge on any atom is -0.299 e. The highest BCUT2D eigenvalue weighted by Crippen LogP contribution is 2.31. The summed E-state index contributed by atoms with van der Waals surface area (Å²) in [6.07, 6.45) is 2.94. The van der Waals surface area contributed by atoms with Gasteiger partial charge in [0.2, 0.25) is 0 Å². The van der Waals surface area contributed by atoms with Crippen LogP contribution in [0.5, 0.6) is 0 Å². The molecule has 0 aliphatic rings. The zero-order chi connectivity index (χ0) is 23.4. The summed E-state index contributed by atoms with van der Waals surface area (Å²) in [7, 11) is 0. The van der Waals surface area contributed by atoms with Gasteiger partial charge in [-0.2, -0.15) is 13.2 Å². The summed E-state index contributed by atoms with van der Waals surface area (Å²) in [6.45, 7) is 4.22. The van der Waals surface area contributed by atoms with Gasteiger partial charge in [0.25, 0.3) is 0 Å². The molecule has 0 radical (unpaired) electrons. The zero-order valence-electron chi connectivity index (χ0n) is 18.0. The minimum absolute atomic E-state index is 0.334. The lowest BCUT2D eigenvalue weighted by molar-refractivity contribution is -0.137. The van der Waals surface area contributed by atoms with Gasteiger partial charge in [0.1, 0.15) is 0 Å². The van der Waals surface area contributed by atoms with Crippen LogP contribution in [0.3, 0.4) is 0 Å². The van der Waals surface area contributed by atoms with E-state index in [2.05, 4.69) is 39.7 Å². The molecule has 33 heavy (non-hydrogen) atoms. The monoisotopic (exact) mass is 469 g/mol. The molecule has 0 aliphatic heterocycles. The highest BCUT2D eigenvalue weighted by Gasteiger charge is 2.30. The van der Waals surface area contributed by atoms with E-state index in [0.717, 1.165) is 39.3 Å². The van der Waals surface area contributed by atoms with Crippen LogP contribution in [0, 0.1) is 0 Å². The molecule has 0 aliphatic carbocycles. The number of pyridine rings is 2. The second-order valence-electron chi connectivity index (χ2n) is 7.88. The Bertz CT molecular complexity index is 1240. The van der Waals surface area contributed by atoms with Crippen molar-refractivity contribution in [2.24, 2.45) is 0 Å². The van der Waals surface area contributed by atoms with E-state index in [0.29, 0.717) is 17.9 Å². The van der Waals surface area contributed by atoms with Crippen LogP contribution in [0.2, 0.25) is 0 Å². The highest BCUT2D eigenvalue weighted by atomic mass is 32.1. The number of hydrogen-bond donors (Lipinski definition) is 2. The van der Waals surface area contributed by atoms with Crippen molar-refractivity contribution in [3.8, 4) is 11.3 Å². The molecular formula is C24H22F3N5S. The number of nitrogens with one attached hydrogen (secondary N) is 2. The lowest BCUT2D eigenvalue weighted by Gasteiger charge is -2.12. The Morgan fingerprint density at radius 1 is 0.939 bits per heavy atom. The Morgan fingerprint density at radius 2 is 1.67 bits per heavy atom. The lowest BCUT2D eigenvalue weighted by Crippen LogP contribution is -2.09. The van der Waals surface area contributed by atoms with E-state index >= 15 is 0 Å². The van der Waals surface area contributed by atoms with E-state index in [1.165, 1.54) is 23.5 Å². The quantitative estimate of drug-likeness (QED) is 0.292. The first-order chi connectivity index (χ1) is 15.8. The molecule has 4 aromatic rings. The predicted octanol–water partition coefficient (Wildman–Crippen LogP) is 6.77. The van der Waals surface area contributed by atoms with Crippen LogP contribution >= 0.6 is 11.3 Å². The third-order valence-electron chi connectivity index (χ3n) is 4.97. The lowest BCUT2D eigenvalue weighted by atomic mass is 10.1. The maximum absolute atomic E-state index is 13.0. The predicted molar refractivity (Wildman–Crippen MR) is 125 cm³/mol. The first kappa shape index (κ1) is 22.7. The zero-order valence-corrected chi connectivity index (χ0v) is 18.8. The number of anilines is 2. The van der Waals surface area contributed by atoms with Crippen molar-refractivity contribution in [1.82, 2.24) is 15.0 Å². The molecule has 3 heterocycles. The highest BCUT2D eigenvalue weighted by molar-refractivity contribution is 7.10. The SMILES string of the molecule is CC(C)c1cncc(NNc2cncc(-c3csc(Cc4cccc(C(F)(F)F)c4)n3)c2)c1. The molecule has 9 heteroatoms. The number of nitrogens with zero attached hydrogens (tertiary/aromatic N) is 3. The molecule has 1 aromatic carbocycles. The maximum atomic E-state index is 13.0. The van der Waals surface area contributed by atoms with Crippen LogP contribution < -0.4 is 10.9 Å². The molecule has 0 atom stereocenters. The van der Waals surface area contributed by atoms with Crippen LogP contribution in [0.25, 0.3) is 11.3 Å². The normalized spacial score (nSPS) is 11.6. The van der Waals surface area contributed by atoms with Crippen LogP contribution in [0.15, 0.2) is 66.6 Å². The summed E-state index contributed by atoms with van der Waals surface area (Å²) in [5.41, 5.74) is 10.4. The number of thiazole rings is 1. The van der Waals surface area contributed by atoms with E-state index in [4.69, 9.17) is 0 Å². The Hall–Kier alpha value is -3.46. The summed E-state index contributed by atoms with van der Waals surface area (Å²) in [5.74, 6) is 0.374. The van der Waals surface area contributed by atoms with Crippen LogP contribution in [-0.4, -0.2) is 15.0 Å². The van der Waals surface area contributed by atoms with Crippen molar-refractivity contribution in [2.75, 3.05) is 10.9 Å². The van der Waals surface area contributed by atoms with E-state index in [-0.39, 0.29) is 0 Å². The van der Waals surface area contributed by atoms with Crippen molar-refractivity contribution in [1.29, 1.82) is 0 Å². The molecule has 0 saturated heterocycles. The van der Waals surface area contributed by atoms with Crippen molar-refractivity contribution < 1.29 is 13.2 Å². The average molecular weight is 470 g/mol. The average Bonchev–Trinajstić information content (AvgIpc) is 3.26. The number of aromatic nitrogens is 3. The molecule has 0 spiro atoms. The van der Waals surface area contributed by atoms with Crippen LogP contribution in [0.4, 0.5) is 24.5 Å². The van der Waals surface area contributed by atoms with Gasteiger partial charge in [-0.25, -0.2) is 4.98 Å². The van der Waals surface area contributed by atoms with Gasteiger partial charge in [0, 0.05) is 29.8 Å². The largest absolute Gasteiger partial charge is 0.416 e. The smallest absolute Gasteiger partial charge is 0.299 e. The van der Waals surface area contributed by atoms with Gasteiger partial charge in [0.05, 0.1) is 40.0 Å². The Kier molecular flexibility index (Phi) is 6.60. The van der Waals surface area contributed by atoms with Crippen LogP contribution in [-0.2, 0) is 12.6 Å². The number of benzene rings is 1. The number of hydrazine groups is 1. The fraction of sp³-hybridized carbons (Fsp3) is 0.208. The second kappa shape index (κ2) is 9.58. The summed E-state index contributed by atoms with van der Waals surface area (Å²) < 4.78 is 38.9. The number of halogens is 3. The second-order valence-corrected chi connectivity index (χ2v) is 8.82. The van der Waals surface area contributed by atoms with Gasteiger partial charge in [-0.3, -0.25) is 20.8 Å². The molecule has 0 amide bonds. The maximum Gasteiger partial charge on any atom is 0.416 e. The van der Waals surface area contributed by atoms with Gasteiger partial charge >= 0.3 is 6.18 Å². The third-order valence-corrected chi connectivity index (χ3v) is 5.82. The molecule has 0 saturated carbocycles. The Labute approximate surface area is 193 Å². The van der Waals surface area contributed by atoms with Gasteiger partial charge in [0.15, 0.2) is 0 Å². The molecule has 4 rings (SSSR count). The molecule has 0 fully saturated rings. The molecule has 0 unspecified atom stereocenters. The van der Waals surface area contributed by atoms with E-state index < -0.39 is 11.7 Å². The standard InChI is InChI=1S/C24H22F3N5S/c1-15(2)17-8-20(12-28-10-17)31-32-21-9-18(11-29-13-21)22-14-33-23(30-22)7-16-4-3-5-19(6-16)24(25,26)27/h3-6,8-15,31-32H,7H2,1-2H3. The van der Waals surface area contributed by atoms with E-state index in [1.54, 1.807) is 24.7 Å².